The Morgan fingerprint density at radius 2 is 1.46 bits per heavy atom. The molecule has 0 spiro atoms. The van der Waals surface area contributed by atoms with Crippen LogP contribution in [-0.4, -0.2) is 76.6 Å². The highest BCUT2D eigenvalue weighted by atomic mass is 16.6. The number of alkyl carbamates (subject to hydrolysis) is 1. The van der Waals surface area contributed by atoms with Crippen LogP contribution in [0, 0.1) is 0 Å². The van der Waals surface area contributed by atoms with E-state index in [1.807, 2.05) is 36.4 Å². The summed E-state index contributed by atoms with van der Waals surface area (Å²) in [7, 11) is 0. The standard InChI is InChI=1S/C27H32N4O8/c1-20(32)27(13-8-14-28-25(36)38-18-21-9-4-2-5-10-21)24(35)30(17-23(33)34)15-16-31(27)29-26(37)39-19-22-11-6-3-7-12-22/h2-7,9-12H,8,13-19H2,1H3,(H,28,36)(H,29,37)(H,33,34). The predicted molar refractivity (Wildman–Crippen MR) is 138 cm³/mol. The first-order chi connectivity index (χ1) is 18.7. The third-order valence-corrected chi connectivity index (χ3v) is 6.24. The van der Waals surface area contributed by atoms with Crippen molar-refractivity contribution in [2.75, 3.05) is 26.2 Å². The minimum absolute atomic E-state index is 0.00835. The number of hydrogen-bond acceptors (Lipinski definition) is 8. The highest BCUT2D eigenvalue weighted by Crippen LogP contribution is 2.28. The third-order valence-electron chi connectivity index (χ3n) is 6.24. The summed E-state index contributed by atoms with van der Waals surface area (Å²) in [5.74, 6) is -2.57. The highest BCUT2D eigenvalue weighted by molar-refractivity contribution is 6.10. The van der Waals surface area contributed by atoms with Gasteiger partial charge in [-0.15, -0.1) is 0 Å². The number of Topliss-reactive ketones (excluding diaryl/α,β-unsaturated/α-hetero) is 1. The van der Waals surface area contributed by atoms with Crippen molar-refractivity contribution >= 4 is 29.8 Å². The van der Waals surface area contributed by atoms with Gasteiger partial charge in [-0.05, 0) is 30.9 Å². The molecule has 1 fully saturated rings. The van der Waals surface area contributed by atoms with E-state index in [0.29, 0.717) is 0 Å². The van der Waals surface area contributed by atoms with Gasteiger partial charge >= 0.3 is 18.2 Å². The lowest BCUT2D eigenvalue weighted by atomic mass is 9.84. The maximum Gasteiger partial charge on any atom is 0.422 e. The average Bonchev–Trinajstić information content (AvgIpc) is 2.92. The molecule has 0 bridgehead atoms. The van der Waals surface area contributed by atoms with Gasteiger partial charge in [-0.3, -0.25) is 19.8 Å². The molecule has 1 saturated heterocycles. The summed E-state index contributed by atoms with van der Waals surface area (Å²) < 4.78 is 10.4. The molecule has 0 aliphatic carbocycles. The van der Waals surface area contributed by atoms with Gasteiger partial charge in [0.2, 0.25) is 0 Å². The van der Waals surface area contributed by atoms with Crippen LogP contribution < -0.4 is 10.7 Å². The number of carbonyl (C=O) groups excluding carboxylic acids is 4. The van der Waals surface area contributed by atoms with Crippen LogP contribution in [-0.2, 0) is 37.1 Å². The van der Waals surface area contributed by atoms with Crippen molar-refractivity contribution in [1.29, 1.82) is 0 Å². The lowest BCUT2D eigenvalue weighted by Crippen LogP contribution is -2.73. The lowest BCUT2D eigenvalue weighted by Gasteiger charge is -2.47. The fourth-order valence-electron chi connectivity index (χ4n) is 4.29. The molecule has 39 heavy (non-hydrogen) atoms. The van der Waals surface area contributed by atoms with Gasteiger partial charge in [0.15, 0.2) is 11.3 Å². The molecule has 3 N–H and O–H groups in total. The molecule has 208 valence electrons. The summed E-state index contributed by atoms with van der Waals surface area (Å²) in [5.41, 5.74) is 2.18. The molecule has 1 aliphatic rings. The zero-order valence-electron chi connectivity index (χ0n) is 21.6. The number of carboxylic acids is 1. The molecular weight excluding hydrogens is 508 g/mol. The van der Waals surface area contributed by atoms with Crippen LogP contribution in [0.1, 0.15) is 30.9 Å². The van der Waals surface area contributed by atoms with Crippen molar-refractivity contribution in [3.8, 4) is 0 Å². The summed E-state index contributed by atoms with van der Waals surface area (Å²) >= 11 is 0. The number of carbonyl (C=O) groups is 5. The topological polar surface area (TPSA) is 155 Å². The van der Waals surface area contributed by atoms with E-state index in [0.717, 1.165) is 16.0 Å². The van der Waals surface area contributed by atoms with Crippen LogP contribution in [0.15, 0.2) is 60.7 Å². The van der Waals surface area contributed by atoms with Gasteiger partial charge in [0.05, 0.1) is 0 Å². The second kappa shape index (κ2) is 13.9. The smallest absolute Gasteiger partial charge is 0.422 e. The van der Waals surface area contributed by atoms with Gasteiger partial charge in [-0.1, -0.05) is 60.7 Å². The van der Waals surface area contributed by atoms with E-state index in [1.54, 1.807) is 24.3 Å². The third kappa shape index (κ3) is 8.01. The molecule has 1 unspecified atom stereocenters. The van der Waals surface area contributed by atoms with Crippen LogP contribution in [0.2, 0.25) is 0 Å². The van der Waals surface area contributed by atoms with E-state index in [1.165, 1.54) is 11.9 Å². The van der Waals surface area contributed by atoms with Crippen LogP contribution in [0.5, 0.6) is 0 Å². The number of rotatable bonds is 12. The summed E-state index contributed by atoms with van der Waals surface area (Å²) in [6.07, 6.45) is -1.48. The first kappa shape index (κ1) is 29.1. The first-order valence-electron chi connectivity index (χ1n) is 12.4. The second-order valence-corrected chi connectivity index (χ2v) is 8.95. The Labute approximate surface area is 225 Å². The quantitative estimate of drug-likeness (QED) is 0.271. The summed E-state index contributed by atoms with van der Waals surface area (Å²) in [6, 6.07) is 18.1. The van der Waals surface area contributed by atoms with Crippen molar-refractivity contribution in [2.45, 2.75) is 38.5 Å². The van der Waals surface area contributed by atoms with Crippen molar-refractivity contribution in [3.05, 3.63) is 71.8 Å². The number of benzene rings is 2. The summed E-state index contributed by atoms with van der Waals surface area (Å²) in [4.78, 5) is 63.5. The van der Waals surface area contributed by atoms with Gasteiger partial charge in [-0.2, -0.15) is 5.01 Å². The Morgan fingerprint density at radius 3 is 2.00 bits per heavy atom. The number of ether oxygens (including phenoxy) is 2. The molecule has 0 aromatic heterocycles. The minimum atomic E-state index is -1.88. The summed E-state index contributed by atoms with van der Waals surface area (Å²) in [6.45, 7) is 0.699. The minimum Gasteiger partial charge on any atom is -0.480 e. The molecule has 2 aromatic carbocycles. The molecular formula is C27H32N4O8. The maximum absolute atomic E-state index is 13.5. The molecule has 0 saturated carbocycles. The van der Waals surface area contributed by atoms with Crippen molar-refractivity contribution in [3.63, 3.8) is 0 Å². The van der Waals surface area contributed by atoms with E-state index >= 15 is 0 Å². The fraction of sp³-hybridized carbons (Fsp3) is 0.370. The monoisotopic (exact) mass is 540 g/mol. The number of piperazine rings is 1. The number of hydrogen-bond donors (Lipinski definition) is 3. The van der Waals surface area contributed by atoms with Gasteiger partial charge in [-0.25, -0.2) is 9.59 Å². The molecule has 12 nitrogen and oxygen atoms in total. The number of carboxylic acid groups (broad SMARTS) is 1. The van der Waals surface area contributed by atoms with Gasteiger partial charge < -0.3 is 24.8 Å². The first-order valence-corrected chi connectivity index (χ1v) is 12.4. The molecule has 1 aliphatic heterocycles. The average molecular weight is 541 g/mol. The Hall–Kier alpha value is -4.45. The molecule has 12 heteroatoms. The van der Waals surface area contributed by atoms with Crippen LogP contribution in [0.4, 0.5) is 9.59 Å². The molecule has 1 heterocycles. The molecule has 3 amide bonds. The number of nitrogens with zero attached hydrogens (tertiary/aromatic N) is 2. The van der Waals surface area contributed by atoms with Gasteiger partial charge in [0.25, 0.3) is 5.91 Å². The Morgan fingerprint density at radius 1 is 0.897 bits per heavy atom. The Balaban J connectivity index is 1.65. The second-order valence-electron chi connectivity index (χ2n) is 8.95. The number of aliphatic carboxylic acids is 1. The Kier molecular flexibility index (Phi) is 10.4. The SMILES string of the molecule is CC(=O)C1(CCCNC(=O)OCc2ccccc2)C(=O)N(CC(=O)O)CCN1NC(=O)OCc1ccccc1. The fourth-order valence-corrected chi connectivity index (χ4v) is 4.29. The maximum atomic E-state index is 13.5. The predicted octanol–water partition coefficient (Wildman–Crippen LogP) is 2.09. The van der Waals surface area contributed by atoms with Crippen LogP contribution in [0.25, 0.3) is 0 Å². The van der Waals surface area contributed by atoms with E-state index in [-0.39, 0.29) is 45.7 Å². The Bertz CT molecular complexity index is 1160. The van der Waals surface area contributed by atoms with Crippen molar-refractivity contribution in [2.24, 2.45) is 0 Å². The van der Waals surface area contributed by atoms with E-state index in [4.69, 9.17) is 9.47 Å². The normalized spacial score (nSPS) is 17.3. The van der Waals surface area contributed by atoms with E-state index in [2.05, 4.69) is 10.7 Å². The zero-order valence-corrected chi connectivity index (χ0v) is 21.6. The van der Waals surface area contributed by atoms with Gasteiger partial charge in [0.1, 0.15) is 19.8 Å². The number of nitrogens with one attached hydrogen (secondary N) is 2. The van der Waals surface area contributed by atoms with E-state index in [9.17, 15) is 29.1 Å². The van der Waals surface area contributed by atoms with Crippen molar-refractivity contribution in [1.82, 2.24) is 20.7 Å². The molecule has 2 aromatic rings. The van der Waals surface area contributed by atoms with Crippen LogP contribution in [0.3, 0.4) is 0 Å². The summed E-state index contributed by atoms with van der Waals surface area (Å²) in [5, 5.41) is 13.0. The number of amides is 3. The van der Waals surface area contributed by atoms with E-state index < -0.39 is 41.9 Å². The highest BCUT2D eigenvalue weighted by Gasteiger charge is 2.54. The van der Waals surface area contributed by atoms with Crippen molar-refractivity contribution < 1.29 is 38.6 Å². The number of ketones is 1. The van der Waals surface area contributed by atoms with Gasteiger partial charge in [0, 0.05) is 19.6 Å². The zero-order chi connectivity index (χ0) is 28.3. The lowest BCUT2D eigenvalue weighted by molar-refractivity contribution is -0.165. The largest absolute Gasteiger partial charge is 0.480 e. The molecule has 0 radical (unpaired) electrons. The molecule has 1 atom stereocenters. The van der Waals surface area contributed by atoms with Crippen LogP contribution >= 0.6 is 0 Å². The molecule has 3 rings (SSSR count). The number of hydrazine groups is 1.